The van der Waals surface area contributed by atoms with Crippen LogP contribution in [0.4, 0.5) is 4.79 Å². The third-order valence-electron chi connectivity index (χ3n) is 3.68. The first kappa shape index (κ1) is 13.4. The van der Waals surface area contributed by atoms with Gasteiger partial charge in [0, 0.05) is 0 Å². The van der Waals surface area contributed by atoms with Crippen LogP contribution < -0.4 is 5.32 Å². The number of esters is 1. The van der Waals surface area contributed by atoms with Crippen LogP contribution >= 0.6 is 15.9 Å². The first-order valence-corrected chi connectivity index (χ1v) is 7.38. The Balaban J connectivity index is 1.61. The van der Waals surface area contributed by atoms with Crippen molar-refractivity contribution in [1.29, 1.82) is 0 Å². The number of fused-ring (bicyclic) bond motifs is 1. The maximum absolute atomic E-state index is 12.2. The molecule has 6 heteroatoms. The van der Waals surface area contributed by atoms with Gasteiger partial charge >= 0.3 is 12.1 Å². The SMILES string of the molecule is O=C1N[C@H]2[C@@H](O1)[C@H](Br)C[C@H]2C(=O)OCc1ccccc1. The summed E-state index contributed by atoms with van der Waals surface area (Å²) in [4.78, 5) is 23.4. The number of rotatable bonds is 3. The Bertz CT molecular complexity index is 521. The third kappa shape index (κ3) is 2.52. The molecule has 1 aromatic rings. The second kappa shape index (κ2) is 5.44. The lowest BCUT2D eigenvalue weighted by Crippen LogP contribution is -2.38. The molecular formula is C14H14BrNO4. The number of nitrogens with one attached hydrogen (secondary N) is 1. The van der Waals surface area contributed by atoms with Crippen LogP contribution in [-0.4, -0.2) is 29.0 Å². The van der Waals surface area contributed by atoms with Crippen LogP contribution in [0.25, 0.3) is 0 Å². The maximum Gasteiger partial charge on any atom is 0.407 e. The van der Waals surface area contributed by atoms with Crippen molar-refractivity contribution in [2.24, 2.45) is 5.92 Å². The molecule has 0 spiro atoms. The normalized spacial score (nSPS) is 31.4. The highest BCUT2D eigenvalue weighted by molar-refractivity contribution is 9.09. The molecule has 0 bridgehead atoms. The molecule has 2 aliphatic rings. The summed E-state index contributed by atoms with van der Waals surface area (Å²) in [6, 6.07) is 9.21. The Morgan fingerprint density at radius 3 is 2.90 bits per heavy atom. The fourth-order valence-corrected chi connectivity index (χ4v) is 3.52. The third-order valence-corrected chi connectivity index (χ3v) is 4.57. The zero-order valence-corrected chi connectivity index (χ0v) is 12.2. The van der Waals surface area contributed by atoms with Gasteiger partial charge in [0.1, 0.15) is 12.7 Å². The van der Waals surface area contributed by atoms with Crippen LogP contribution in [0.1, 0.15) is 12.0 Å². The largest absolute Gasteiger partial charge is 0.461 e. The van der Waals surface area contributed by atoms with E-state index in [0.29, 0.717) is 6.42 Å². The average molecular weight is 340 g/mol. The van der Waals surface area contributed by atoms with E-state index in [9.17, 15) is 9.59 Å². The summed E-state index contributed by atoms with van der Waals surface area (Å²) in [6.45, 7) is 0.245. The number of halogens is 1. The molecule has 4 atom stereocenters. The van der Waals surface area contributed by atoms with Gasteiger partial charge in [-0.3, -0.25) is 4.79 Å². The van der Waals surface area contributed by atoms with Crippen LogP contribution in [-0.2, 0) is 20.9 Å². The summed E-state index contributed by atoms with van der Waals surface area (Å²) >= 11 is 3.45. The summed E-state index contributed by atoms with van der Waals surface area (Å²) in [5.74, 6) is -0.656. The number of carbonyl (C=O) groups excluding carboxylic acids is 2. The van der Waals surface area contributed by atoms with Crippen LogP contribution in [0, 0.1) is 5.92 Å². The number of carbonyl (C=O) groups is 2. The molecule has 1 amide bonds. The number of ether oxygens (including phenoxy) is 2. The molecule has 0 unspecified atom stereocenters. The van der Waals surface area contributed by atoms with Gasteiger partial charge in [-0.1, -0.05) is 46.3 Å². The highest BCUT2D eigenvalue weighted by atomic mass is 79.9. The molecule has 1 saturated heterocycles. The van der Waals surface area contributed by atoms with E-state index >= 15 is 0 Å². The van der Waals surface area contributed by atoms with Gasteiger partial charge in [-0.15, -0.1) is 0 Å². The zero-order valence-electron chi connectivity index (χ0n) is 10.6. The van der Waals surface area contributed by atoms with E-state index in [-0.39, 0.29) is 35.5 Å². The summed E-state index contributed by atoms with van der Waals surface area (Å²) in [7, 11) is 0. The summed E-state index contributed by atoms with van der Waals surface area (Å²) in [5.41, 5.74) is 0.942. The van der Waals surface area contributed by atoms with Crippen molar-refractivity contribution >= 4 is 28.0 Å². The highest BCUT2D eigenvalue weighted by Gasteiger charge is 2.53. The smallest absolute Gasteiger partial charge is 0.407 e. The first-order chi connectivity index (χ1) is 9.65. The Labute approximate surface area is 124 Å². The van der Waals surface area contributed by atoms with E-state index in [0.717, 1.165) is 5.56 Å². The summed E-state index contributed by atoms with van der Waals surface area (Å²) in [6.07, 6.45) is -0.162. The van der Waals surface area contributed by atoms with E-state index < -0.39 is 6.09 Å². The van der Waals surface area contributed by atoms with Gasteiger partial charge in [0.25, 0.3) is 0 Å². The Morgan fingerprint density at radius 1 is 1.40 bits per heavy atom. The second-order valence-electron chi connectivity index (χ2n) is 4.99. The highest BCUT2D eigenvalue weighted by Crippen LogP contribution is 2.37. The van der Waals surface area contributed by atoms with Crippen molar-refractivity contribution in [3.63, 3.8) is 0 Å². The van der Waals surface area contributed by atoms with Crippen molar-refractivity contribution in [1.82, 2.24) is 5.32 Å². The first-order valence-electron chi connectivity index (χ1n) is 6.47. The van der Waals surface area contributed by atoms with E-state index in [4.69, 9.17) is 9.47 Å². The van der Waals surface area contributed by atoms with Gasteiger partial charge in [-0.2, -0.15) is 0 Å². The van der Waals surface area contributed by atoms with E-state index in [1.54, 1.807) is 0 Å². The van der Waals surface area contributed by atoms with E-state index in [2.05, 4.69) is 21.2 Å². The van der Waals surface area contributed by atoms with Crippen molar-refractivity contribution in [2.75, 3.05) is 0 Å². The van der Waals surface area contributed by atoms with Crippen molar-refractivity contribution < 1.29 is 19.1 Å². The van der Waals surface area contributed by atoms with Gasteiger partial charge < -0.3 is 14.8 Å². The lowest BCUT2D eigenvalue weighted by atomic mass is 10.0. The summed E-state index contributed by atoms with van der Waals surface area (Å²) in [5, 5.41) is 2.68. The van der Waals surface area contributed by atoms with Crippen LogP contribution in [0.15, 0.2) is 30.3 Å². The molecule has 0 radical (unpaired) electrons. The molecule has 20 heavy (non-hydrogen) atoms. The van der Waals surface area contributed by atoms with Crippen LogP contribution in [0.3, 0.4) is 0 Å². The van der Waals surface area contributed by atoms with Crippen molar-refractivity contribution in [3.8, 4) is 0 Å². The number of alkyl carbamates (subject to hydrolysis) is 1. The minimum absolute atomic E-state index is 0.0132. The van der Waals surface area contributed by atoms with Crippen LogP contribution in [0.2, 0.25) is 0 Å². The number of hydrogen-bond acceptors (Lipinski definition) is 4. The standard InChI is InChI=1S/C14H14BrNO4/c15-10-6-9(11-12(10)20-14(18)16-11)13(17)19-7-8-4-2-1-3-5-8/h1-5,9-12H,6-7H2,(H,16,18)/t9-,10-,11-,12+/m1/s1. The lowest BCUT2D eigenvalue weighted by molar-refractivity contribution is -0.150. The topological polar surface area (TPSA) is 64.6 Å². The quantitative estimate of drug-likeness (QED) is 0.675. The number of alkyl halides is 1. The summed E-state index contributed by atoms with van der Waals surface area (Å²) < 4.78 is 10.5. The molecule has 1 aliphatic carbocycles. The molecule has 106 valence electrons. The molecule has 1 N–H and O–H groups in total. The number of benzene rings is 1. The Hall–Kier alpha value is -1.56. The molecule has 1 aromatic carbocycles. The van der Waals surface area contributed by atoms with Gasteiger partial charge in [0.2, 0.25) is 0 Å². The molecule has 5 nitrogen and oxygen atoms in total. The molecular weight excluding hydrogens is 326 g/mol. The molecule has 1 heterocycles. The molecule has 3 rings (SSSR count). The lowest BCUT2D eigenvalue weighted by Gasteiger charge is -2.15. The monoisotopic (exact) mass is 339 g/mol. The fraction of sp³-hybridized carbons (Fsp3) is 0.429. The van der Waals surface area contributed by atoms with Crippen molar-refractivity contribution in [2.45, 2.75) is 30.0 Å². The van der Waals surface area contributed by atoms with E-state index in [1.807, 2.05) is 30.3 Å². The van der Waals surface area contributed by atoms with Gasteiger partial charge in [0.15, 0.2) is 0 Å². The Kier molecular flexibility index (Phi) is 3.65. The number of amides is 1. The molecule has 1 aliphatic heterocycles. The molecule has 0 aromatic heterocycles. The molecule has 1 saturated carbocycles. The average Bonchev–Trinajstić information content (AvgIpc) is 2.97. The number of hydrogen-bond donors (Lipinski definition) is 1. The van der Waals surface area contributed by atoms with Crippen LogP contribution in [0.5, 0.6) is 0 Å². The Morgan fingerprint density at radius 2 is 2.15 bits per heavy atom. The van der Waals surface area contributed by atoms with Gasteiger partial charge in [0.05, 0.1) is 16.8 Å². The fourth-order valence-electron chi connectivity index (χ4n) is 2.68. The van der Waals surface area contributed by atoms with Gasteiger partial charge in [-0.05, 0) is 12.0 Å². The minimum atomic E-state index is -0.468. The predicted octanol–water partition coefficient (Wildman–Crippen LogP) is 1.99. The predicted molar refractivity (Wildman–Crippen MR) is 74.3 cm³/mol. The molecule has 2 fully saturated rings. The van der Waals surface area contributed by atoms with Crippen molar-refractivity contribution in [3.05, 3.63) is 35.9 Å². The zero-order chi connectivity index (χ0) is 14.1. The van der Waals surface area contributed by atoms with E-state index in [1.165, 1.54) is 0 Å². The van der Waals surface area contributed by atoms with Gasteiger partial charge in [-0.25, -0.2) is 4.79 Å². The second-order valence-corrected chi connectivity index (χ2v) is 6.17. The minimum Gasteiger partial charge on any atom is -0.461 e. The maximum atomic E-state index is 12.2.